The summed E-state index contributed by atoms with van der Waals surface area (Å²) in [4.78, 5) is 12.7. The Morgan fingerprint density at radius 2 is 2.00 bits per heavy atom. The number of benzene rings is 1. The van der Waals surface area contributed by atoms with Crippen molar-refractivity contribution in [3.05, 3.63) is 45.9 Å². The minimum Gasteiger partial charge on any atom is -0.382 e. The third-order valence-electron chi connectivity index (χ3n) is 4.27. The largest absolute Gasteiger partial charge is 0.382 e. The van der Waals surface area contributed by atoms with Crippen molar-refractivity contribution in [2.45, 2.75) is 4.90 Å². The fourth-order valence-electron chi connectivity index (χ4n) is 2.83. The minimum atomic E-state index is -3.71. The van der Waals surface area contributed by atoms with E-state index in [1.54, 1.807) is 29.3 Å². The number of nitriles is 1. The molecule has 1 aliphatic rings. The van der Waals surface area contributed by atoms with Gasteiger partial charge in [0, 0.05) is 37.7 Å². The van der Waals surface area contributed by atoms with E-state index in [-0.39, 0.29) is 28.4 Å². The smallest absolute Gasteiger partial charge is 0.262 e. The first-order valence-corrected chi connectivity index (χ1v) is 12.3. The first-order chi connectivity index (χ1) is 13.9. The molecule has 0 bridgehead atoms. The van der Waals surface area contributed by atoms with E-state index in [1.807, 2.05) is 0 Å². The summed E-state index contributed by atoms with van der Waals surface area (Å²) in [6, 6.07) is 7.51. The molecule has 1 aromatic heterocycles. The topological polar surface area (TPSA) is 102 Å². The molecule has 1 fully saturated rings. The van der Waals surface area contributed by atoms with Crippen LogP contribution in [0.4, 0.5) is 10.1 Å². The highest BCUT2D eigenvalue weighted by molar-refractivity contribution is 7.99. The van der Waals surface area contributed by atoms with Crippen LogP contribution in [-0.2, 0) is 10.0 Å². The molecule has 7 nitrogen and oxygen atoms in total. The van der Waals surface area contributed by atoms with Crippen molar-refractivity contribution >= 4 is 44.7 Å². The van der Waals surface area contributed by atoms with E-state index in [0.29, 0.717) is 18.8 Å². The number of amides is 1. The van der Waals surface area contributed by atoms with Crippen molar-refractivity contribution in [2.75, 3.05) is 43.0 Å². The summed E-state index contributed by atoms with van der Waals surface area (Å²) in [6.45, 7) is 1.30. The number of halogens is 1. The SMILES string of the molecule is N#Cc1c(F)cccc1NCCNC(=O)c1sccc1S(=O)(=O)N1CCSCC1. The van der Waals surface area contributed by atoms with Gasteiger partial charge in [-0.25, -0.2) is 12.8 Å². The summed E-state index contributed by atoms with van der Waals surface area (Å²) in [7, 11) is -3.71. The molecule has 0 spiro atoms. The zero-order valence-corrected chi connectivity index (χ0v) is 17.8. The third kappa shape index (κ3) is 4.90. The molecule has 154 valence electrons. The van der Waals surface area contributed by atoms with Crippen LogP contribution in [-0.4, -0.2) is 56.3 Å². The summed E-state index contributed by atoms with van der Waals surface area (Å²) in [6.07, 6.45) is 0. The monoisotopic (exact) mass is 454 g/mol. The van der Waals surface area contributed by atoms with Crippen LogP contribution in [0, 0.1) is 17.1 Å². The Bertz CT molecular complexity index is 1030. The van der Waals surface area contributed by atoms with Gasteiger partial charge < -0.3 is 10.6 Å². The van der Waals surface area contributed by atoms with Crippen LogP contribution >= 0.6 is 23.1 Å². The number of hydrogen-bond acceptors (Lipinski definition) is 7. The van der Waals surface area contributed by atoms with Crippen LogP contribution in [0.15, 0.2) is 34.5 Å². The highest BCUT2D eigenvalue weighted by Crippen LogP contribution is 2.27. The molecule has 0 atom stereocenters. The van der Waals surface area contributed by atoms with Crippen LogP contribution in [0.25, 0.3) is 0 Å². The molecule has 3 rings (SSSR count). The van der Waals surface area contributed by atoms with Gasteiger partial charge in [0.1, 0.15) is 27.2 Å². The number of carbonyl (C=O) groups excluding carboxylic acids is 1. The molecule has 11 heteroatoms. The number of carbonyl (C=O) groups is 1. The highest BCUT2D eigenvalue weighted by atomic mass is 32.2. The number of sulfonamides is 1. The molecule has 0 aliphatic carbocycles. The minimum absolute atomic E-state index is 0.0248. The average Bonchev–Trinajstić information content (AvgIpc) is 3.23. The lowest BCUT2D eigenvalue weighted by Crippen LogP contribution is -2.38. The maximum absolute atomic E-state index is 13.6. The second kappa shape index (κ2) is 9.58. The number of thiophene rings is 1. The van der Waals surface area contributed by atoms with Crippen LogP contribution < -0.4 is 10.6 Å². The Hall–Kier alpha value is -2.13. The van der Waals surface area contributed by atoms with E-state index in [0.717, 1.165) is 22.8 Å². The quantitative estimate of drug-likeness (QED) is 0.623. The predicted octanol–water partition coefficient (Wildman–Crippen LogP) is 2.34. The van der Waals surface area contributed by atoms with Crippen molar-refractivity contribution in [3.8, 4) is 6.07 Å². The summed E-state index contributed by atoms with van der Waals surface area (Å²) in [5.74, 6) is 0.375. The van der Waals surface area contributed by atoms with Gasteiger partial charge in [0.15, 0.2) is 0 Å². The van der Waals surface area contributed by atoms with E-state index in [2.05, 4.69) is 10.6 Å². The Labute approximate surface area is 177 Å². The number of anilines is 1. The lowest BCUT2D eigenvalue weighted by Gasteiger charge is -2.25. The van der Waals surface area contributed by atoms with Gasteiger partial charge in [-0.3, -0.25) is 4.79 Å². The van der Waals surface area contributed by atoms with E-state index in [9.17, 15) is 17.6 Å². The normalized spacial score (nSPS) is 14.9. The predicted molar refractivity (Wildman–Crippen MR) is 112 cm³/mol. The zero-order chi connectivity index (χ0) is 20.9. The molecule has 1 aliphatic heterocycles. The summed E-state index contributed by atoms with van der Waals surface area (Å²) >= 11 is 2.78. The van der Waals surface area contributed by atoms with E-state index < -0.39 is 21.7 Å². The lowest BCUT2D eigenvalue weighted by molar-refractivity contribution is 0.0956. The molecular formula is C18H19FN4O3S3. The fraction of sp³-hybridized carbons (Fsp3) is 0.333. The van der Waals surface area contributed by atoms with Crippen molar-refractivity contribution < 1.29 is 17.6 Å². The fourth-order valence-corrected chi connectivity index (χ4v) is 6.72. The number of rotatable bonds is 7. The van der Waals surface area contributed by atoms with E-state index in [1.165, 1.54) is 22.5 Å². The molecule has 1 amide bonds. The molecule has 1 saturated heterocycles. The second-order valence-corrected chi connectivity index (χ2v) is 10.1. The summed E-state index contributed by atoms with van der Waals surface area (Å²) in [5.41, 5.74) is 0.245. The van der Waals surface area contributed by atoms with Gasteiger partial charge in [-0.1, -0.05) is 6.07 Å². The van der Waals surface area contributed by atoms with E-state index in [4.69, 9.17) is 5.26 Å². The Morgan fingerprint density at radius 3 is 2.72 bits per heavy atom. The van der Waals surface area contributed by atoms with Crippen LogP contribution in [0.1, 0.15) is 15.2 Å². The molecule has 2 heterocycles. The van der Waals surface area contributed by atoms with Crippen LogP contribution in [0.5, 0.6) is 0 Å². The van der Waals surface area contributed by atoms with Gasteiger partial charge >= 0.3 is 0 Å². The van der Waals surface area contributed by atoms with E-state index >= 15 is 0 Å². The summed E-state index contributed by atoms with van der Waals surface area (Å²) < 4.78 is 40.7. The Kier molecular flexibility index (Phi) is 7.13. The van der Waals surface area contributed by atoms with Gasteiger partial charge in [0.2, 0.25) is 10.0 Å². The van der Waals surface area contributed by atoms with Crippen LogP contribution in [0.3, 0.4) is 0 Å². The molecule has 0 saturated carbocycles. The Morgan fingerprint density at radius 1 is 1.24 bits per heavy atom. The first-order valence-electron chi connectivity index (χ1n) is 8.81. The maximum atomic E-state index is 13.6. The van der Waals surface area contributed by atoms with Crippen molar-refractivity contribution in [2.24, 2.45) is 0 Å². The molecule has 29 heavy (non-hydrogen) atoms. The first kappa shape index (κ1) is 21.6. The average molecular weight is 455 g/mol. The van der Waals surface area contributed by atoms with Crippen molar-refractivity contribution in [1.82, 2.24) is 9.62 Å². The van der Waals surface area contributed by atoms with Gasteiger partial charge in [-0.05, 0) is 23.6 Å². The molecule has 0 unspecified atom stereocenters. The van der Waals surface area contributed by atoms with Gasteiger partial charge in [0.05, 0.1) is 5.69 Å². The zero-order valence-electron chi connectivity index (χ0n) is 15.4. The van der Waals surface area contributed by atoms with Gasteiger partial charge in [0.25, 0.3) is 5.91 Å². The number of nitrogens with zero attached hydrogens (tertiary/aromatic N) is 2. The molecule has 2 aromatic rings. The molecule has 1 aromatic carbocycles. The highest BCUT2D eigenvalue weighted by Gasteiger charge is 2.31. The number of hydrogen-bond donors (Lipinski definition) is 2. The third-order valence-corrected chi connectivity index (χ3v) is 8.20. The Balaban J connectivity index is 1.61. The summed E-state index contributed by atoms with van der Waals surface area (Å²) in [5, 5.41) is 16.2. The van der Waals surface area contributed by atoms with Gasteiger partial charge in [-0.15, -0.1) is 11.3 Å². The lowest BCUT2D eigenvalue weighted by atomic mass is 10.2. The molecule has 2 N–H and O–H groups in total. The molecule has 0 radical (unpaired) electrons. The van der Waals surface area contributed by atoms with Crippen molar-refractivity contribution in [1.29, 1.82) is 5.26 Å². The maximum Gasteiger partial charge on any atom is 0.262 e. The van der Waals surface area contributed by atoms with Crippen LogP contribution in [0.2, 0.25) is 0 Å². The molecular weight excluding hydrogens is 435 g/mol. The van der Waals surface area contributed by atoms with Crippen molar-refractivity contribution in [3.63, 3.8) is 0 Å². The van der Waals surface area contributed by atoms with Gasteiger partial charge in [-0.2, -0.15) is 21.3 Å². The number of thioether (sulfide) groups is 1. The number of nitrogens with one attached hydrogen (secondary N) is 2. The second-order valence-electron chi connectivity index (χ2n) is 6.09. The standard InChI is InChI=1S/C18H19FN4O3S3/c19-14-2-1-3-15(13(14)12-20)21-5-6-22-18(24)17-16(4-9-28-17)29(25,26)23-7-10-27-11-8-23/h1-4,9,21H,5-8,10-11H2,(H,22,24).